The summed E-state index contributed by atoms with van der Waals surface area (Å²) in [7, 11) is 0. The van der Waals surface area contributed by atoms with E-state index in [0.717, 1.165) is 22.0 Å². The van der Waals surface area contributed by atoms with Gasteiger partial charge >= 0.3 is 12.4 Å². The van der Waals surface area contributed by atoms with Gasteiger partial charge in [-0.1, -0.05) is 24.3 Å². The molecule has 2 heterocycles. The number of para-hydroxylation sites is 1. The summed E-state index contributed by atoms with van der Waals surface area (Å²) in [6.07, 6.45) is 0.305. The van der Waals surface area contributed by atoms with Crippen LogP contribution in [0.5, 0.6) is 5.75 Å². The number of hydrogen-bond acceptors (Lipinski definition) is 4. The fourth-order valence-electron chi connectivity index (χ4n) is 3.76. The van der Waals surface area contributed by atoms with Crippen molar-refractivity contribution in [3.05, 3.63) is 96.8 Å². The number of rotatable bonds is 5. The van der Waals surface area contributed by atoms with E-state index in [1.54, 1.807) is 30.5 Å². The Morgan fingerprint density at radius 2 is 1.78 bits per heavy atom. The number of aromatic nitrogens is 2. The number of fused-ring (bicyclic) bond motifs is 3. The molecule has 2 aromatic heterocycles. The molecule has 0 atom stereocenters. The number of nitrogens with zero attached hydrogens (tertiary/aromatic N) is 3. The number of benzene rings is 3. The van der Waals surface area contributed by atoms with E-state index in [2.05, 4.69) is 25.6 Å². The second-order valence-electron chi connectivity index (χ2n) is 7.76. The molecule has 5 aromatic rings. The number of amides is 2. The first-order valence-corrected chi connectivity index (χ1v) is 10.8. The van der Waals surface area contributed by atoms with Gasteiger partial charge in [-0.15, -0.1) is 13.2 Å². The van der Waals surface area contributed by atoms with Crippen LogP contribution < -0.4 is 15.5 Å². The van der Waals surface area contributed by atoms with E-state index in [9.17, 15) is 18.0 Å². The Morgan fingerprint density at radius 3 is 2.53 bits per heavy atom. The van der Waals surface area contributed by atoms with Crippen molar-refractivity contribution in [1.82, 2.24) is 14.8 Å². The SMILES string of the molecule is O=C(N/N=C/c1ccc2c(ccn3c(-c4ccc(OC(F)(F)F)cc4)cnc23)c1)Nc1ccccc1. The molecule has 10 heteroatoms. The van der Waals surface area contributed by atoms with Gasteiger partial charge in [-0.3, -0.25) is 4.40 Å². The highest BCUT2D eigenvalue weighted by Gasteiger charge is 2.31. The van der Waals surface area contributed by atoms with E-state index < -0.39 is 12.4 Å². The number of carbonyl (C=O) groups excluding carboxylic acids is 1. The van der Waals surface area contributed by atoms with Gasteiger partial charge in [-0.05, 0) is 65.5 Å². The fourth-order valence-corrected chi connectivity index (χ4v) is 3.76. The van der Waals surface area contributed by atoms with Crippen LogP contribution in [0, 0.1) is 0 Å². The van der Waals surface area contributed by atoms with Gasteiger partial charge in [0.2, 0.25) is 0 Å². The first kappa shape index (κ1) is 22.9. The van der Waals surface area contributed by atoms with Gasteiger partial charge in [0.05, 0.1) is 18.1 Å². The molecule has 5 rings (SSSR count). The highest BCUT2D eigenvalue weighted by Crippen LogP contribution is 2.29. The number of halogens is 3. The van der Waals surface area contributed by atoms with E-state index in [-0.39, 0.29) is 5.75 Å². The lowest BCUT2D eigenvalue weighted by Crippen LogP contribution is -2.24. The third-order valence-corrected chi connectivity index (χ3v) is 5.31. The Bertz CT molecular complexity index is 1560. The summed E-state index contributed by atoms with van der Waals surface area (Å²) in [6, 6.07) is 21.8. The monoisotopic (exact) mass is 489 g/mol. The van der Waals surface area contributed by atoms with Gasteiger partial charge in [-0.2, -0.15) is 5.10 Å². The van der Waals surface area contributed by atoms with E-state index in [4.69, 9.17) is 0 Å². The van der Waals surface area contributed by atoms with Crippen LogP contribution in [-0.2, 0) is 0 Å². The van der Waals surface area contributed by atoms with Crippen molar-refractivity contribution in [2.24, 2.45) is 5.10 Å². The Morgan fingerprint density at radius 1 is 1.00 bits per heavy atom. The van der Waals surface area contributed by atoms with Crippen molar-refractivity contribution in [2.45, 2.75) is 6.36 Å². The molecule has 7 nitrogen and oxygen atoms in total. The molecule has 0 spiro atoms. The van der Waals surface area contributed by atoms with Gasteiger partial charge in [0.15, 0.2) is 0 Å². The minimum absolute atomic E-state index is 0.285. The zero-order valence-corrected chi connectivity index (χ0v) is 18.5. The lowest BCUT2D eigenvalue weighted by molar-refractivity contribution is -0.274. The molecule has 0 aliphatic carbocycles. The van der Waals surface area contributed by atoms with Crippen LogP contribution in [0.4, 0.5) is 23.7 Å². The molecule has 0 fully saturated rings. The summed E-state index contributed by atoms with van der Waals surface area (Å²) in [4.78, 5) is 16.5. The predicted octanol–water partition coefficient (Wildman–Crippen LogP) is 6.21. The van der Waals surface area contributed by atoms with Gasteiger partial charge in [0, 0.05) is 22.8 Å². The summed E-state index contributed by atoms with van der Waals surface area (Å²) in [5, 5.41) is 8.46. The van der Waals surface area contributed by atoms with Crippen molar-refractivity contribution >= 4 is 34.4 Å². The van der Waals surface area contributed by atoms with Crippen molar-refractivity contribution < 1.29 is 22.7 Å². The van der Waals surface area contributed by atoms with Gasteiger partial charge < -0.3 is 10.1 Å². The summed E-state index contributed by atoms with van der Waals surface area (Å²) in [5.74, 6) is -0.285. The lowest BCUT2D eigenvalue weighted by atomic mass is 10.1. The Balaban J connectivity index is 1.33. The molecule has 0 radical (unpaired) electrons. The highest BCUT2D eigenvalue weighted by molar-refractivity contribution is 5.98. The molecule has 0 aliphatic rings. The first-order valence-electron chi connectivity index (χ1n) is 10.8. The second kappa shape index (κ2) is 9.41. The number of urea groups is 1. The molecule has 0 saturated heterocycles. The molecule has 180 valence electrons. The maximum atomic E-state index is 12.4. The molecule has 0 saturated carbocycles. The fraction of sp³-hybridized carbons (Fsp3) is 0.0385. The molecular weight excluding hydrogens is 471 g/mol. The van der Waals surface area contributed by atoms with Gasteiger partial charge in [0.25, 0.3) is 0 Å². The third-order valence-electron chi connectivity index (χ3n) is 5.31. The van der Waals surface area contributed by atoms with Crippen molar-refractivity contribution in [3.8, 4) is 17.0 Å². The quantitative estimate of drug-likeness (QED) is 0.228. The third kappa shape index (κ3) is 5.12. The number of alkyl halides is 3. The molecule has 0 aliphatic heterocycles. The molecular formula is C26H18F3N5O2. The minimum Gasteiger partial charge on any atom is -0.406 e. The zero-order chi connectivity index (χ0) is 25.1. The van der Waals surface area contributed by atoms with Crippen LogP contribution in [0.25, 0.3) is 27.7 Å². The smallest absolute Gasteiger partial charge is 0.406 e. The average molecular weight is 489 g/mol. The summed E-state index contributed by atoms with van der Waals surface area (Å²) < 4.78 is 43.1. The van der Waals surface area contributed by atoms with Gasteiger partial charge in [0.1, 0.15) is 11.4 Å². The summed E-state index contributed by atoms with van der Waals surface area (Å²) in [5.41, 5.74) is 5.98. The number of hydrazone groups is 1. The number of carbonyl (C=O) groups is 1. The molecule has 0 bridgehead atoms. The minimum atomic E-state index is -4.74. The maximum Gasteiger partial charge on any atom is 0.573 e. The van der Waals surface area contributed by atoms with Crippen LogP contribution in [0.3, 0.4) is 0 Å². The van der Waals surface area contributed by atoms with E-state index in [0.29, 0.717) is 16.9 Å². The first-order chi connectivity index (χ1) is 17.4. The number of ether oxygens (including phenoxy) is 1. The largest absolute Gasteiger partial charge is 0.573 e. The number of anilines is 1. The van der Waals surface area contributed by atoms with E-state index in [1.807, 2.05) is 53.1 Å². The maximum absolute atomic E-state index is 12.4. The molecule has 36 heavy (non-hydrogen) atoms. The Labute approximate surface area is 202 Å². The standard InChI is InChI=1S/C26H18F3N5O2/c27-26(28,29)36-21-9-7-18(8-10-21)23-16-30-24-22-11-6-17(14-19(22)12-13-34(23)24)15-31-33-25(35)32-20-4-2-1-3-5-20/h1-16H,(H2,32,33,35)/b31-15+. The van der Waals surface area contributed by atoms with Crippen LogP contribution in [0.15, 0.2) is 96.4 Å². The Kier molecular flexibility index (Phi) is 5.99. The van der Waals surface area contributed by atoms with Gasteiger partial charge in [-0.25, -0.2) is 15.2 Å². The lowest BCUT2D eigenvalue weighted by Gasteiger charge is -2.09. The van der Waals surface area contributed by atoms with Crippen molar-refractivity contribution in [1.29, 1.82) is 0 Å². The van der Waals surface area contributed by atoms with Crippen LogP contribution in [0.2, 0.25) is 0 Å². The zero-order valence-electron chi connectivity index (χ0n) is 18.5. The Hall–Kier alpha value is -4.86. The molecule has 2 amide bonds. The highest BCUT2D eigenvalue weighted by atomic mass is 19.4. The van der Waals surface area contributed by atoms with Crippen LogP contribution >= 0.6 is 0 Å². The molecule has 0 unspecified atom stereocenters. The van der Waals surface area contributed by atoms with Crippen LogP contribution in [-0.4, -0.2) is 28.0 Å². The average Bonchev–Trinajstić information content (AvgIpc) is 3.29. The number of imidazole rings is 1. The van der Waals surface area contributed by atoms with E-state index >= 15 is 0 Å². The topological polar surface area (TPSA) is 80.0 Å². The van der Waals surface area contributed by atoms with Crippen molar-refractivity contribution in [3.63, 3.8) is 0 Å². The number of pyridine rings is 1. The number of hydrogen-bond donors (Lipinski definition) is 2. The summed E-state index contributed by atoms with van der Waals surface area (Å²) >= 11 is 0. The van der Waals surface area contributed by atoms with Crippen LogP contribution in [0.1, 0.15) is 5.56 Å². The van der Waals surface area contributed by atoms with E-state index in [1.165, 1.54) is 18.3 Å². The molecule has 2 N–H and O–H groups in total. The van der Waals surface area contributed by atoms with Crippen molar-refractivity contribution in [2.75, 3.05) is 5.32 Å². The second-order valence-corrected chi connectivity index (χ2v) is 7.76. The molecule has 3 aromatic carbocycles. The predicted molar refractivity (Wildman–Crippen MR) is 131 cm³/mol. The summed E-state index contributed by atoms with van der Waals surface area (Å²) in [6.45, 7) is 0. The normalized spacial score (nSPS) is 11.8. The number of nitrogens with one attached hydrogen (secondary N) is 2.